The highest BCUT2D eigenvalue weighted by atomic mass is 16.7. The molecule has 0 spiro atoms. The van der Waals surface area contributed by atoms with E-state index in [-0.39, 0.29) is 5.84 Å². The lowest BCUT2D eigenvalue weighted by Crippen LogP contribution is -2.35. The summed E-state index contributed by atoms with van der Waals surface area (Å²) in [6.45, 7) is 1.06. The lowest BCUT2D eigenvalue weighted by molar-refractivity contribution is -0.484. The van der Waals surface area contributed by atoms with Crippen LogP contribution in [0.2, 0.25) is 0 Å². The average molecular weight is 172 g/mol. The van der Waals surface area contributed by atoms with Gasteiger partial charge in [-0.1, -0.05) is 0 Å². The first-order valence-corrected chi connectivity index (χ1v) is 3.14. The van der Waals surface area contributed by atoms with Crippen LogP contribution < -0.4 is 10.8 Å². The first-order chi connectivity index (χ1) is 5.74. The SMILES string of the molecule is O=[N+]([O-])/N=C(/N[O-])C1=NCCN1. The minimum Gasteiger partial charge on any atom is -0.760 e. The van der Waals surface area contributed by atoms with E-state index in [1.165, 1.54) is 5.48 Å². The maximum atomic E-state index is 10.1. The molecule has 0 aromatic heterocycles. The summed E-state index contributed by atoms with van der Waals surface area (Å²) in [6, 6.07) is 0. The predicted octanol–water partition coefficient (Wildman–Crippen LogP) is -1.33. The Morgan fingerprint density at radius 2 is 2.58 bits per heavy atom. The van der Waals surface area contributed by atoms with Crippen molar-refractivity contribution >= 4 is 11.7 Å². The van der Waals surface area contributed by atoms with Gasteiger partial charge in [0.15, 0.2) is 10.9 Å². The second-order valence-corrected chi connectivity index (χ2v) is 1.95. The Kier molecular flexibility index (Phi) is 2.53. The zero-order valence-electron chi connectivity index (χ0n) is 5.98. The van der Waals surface area contributed by atoms with Gasteiger partial charge in [-0.25, -0.2) is 10.1 Å². The van der Waals surface area contributed by atoms with Gasteiger partial charge < -0.3 is 16.0 Å². The van der Waals surface area contributed by atoms with E-state index in [9.17, 15) is 15.3 Å². The Hall–Kier alpha value is -1.70. The summed E-state index contributed by atoms with van der Waals surface area (Å²) in [6.07, 6.45) is 0. The van der Waals surface area contributed by atoms with E-state index in [1.807, 2.05) is 0 Å². The van der Waals surface area contributed by atoms with Gasteiger partial charge in [0.25, 0.3) is 0 Å². The maximum Gasteiger partial charge on any atom is 0.232 e. The van der Waals surface area contributed by atoms with Crippen LogP contribution in [0.15, 0.2) is 10.1 Å². The van der Waals surface area contributed by atoms with E-state index in [4.69, 9.17) is 0 Å². The quantitative estimate of drug-likeness (QED) is 0.231. The first kappa shape index (κ1) is 8.40. The third-order valence-corrected chi connectivity index (χ3v) is 1.18. The standard InChI is InChI=1S/C4H6N5O3/c10-8-4(7-9(11)12)3-5-1-2-6-3/h1-2H2,(H2-,5,6,7,8,10)/q-1. The Labute approximate surface area is 67.1 Å². The molecule has 0 fully saturated rings. The summed E-state index contributed by atoms with van der Waals surface area (Å²) in [5, 5.41) is 24.5. The highest BCUT2D eigenvalue weighted by molar-refractivity contribution is 6.40. The summed E-state index contributed by atoms with van der Waals surface area (Å²) in [7, 11) is 0. The van der Waals surface area contributed by atoms with E-state index in [1.54, 1.807) is 0 Å². The third kappa shape index (κ3) is 1.89. The third-order valence-electron chi connectivity index (χ3n) is 1.18. The average Bonchev–Trinajstić information content (AvgIpc) is 2.51. The Morgan fingerprint density at radius 1 is 1.83 bits per heavy atom. The molecule has 1 rings (SSSR count). The summed E-state index contributed by atoms with van der Waals surface area (Å²) >= 11 is 0. The largest absolute Gasteiger partial charge is 0.760 e. The maximum absolute atomic E-state index is 10.1. The highest BCUT2D eigenvalue weighted by Gasteiger charge is 2.12. The van der Waals surface area contributed by atoms with Gasteiger partial charge in [-0.15, -0.1) is 0 Å². The summed E-state index contributed by atoms with van der Waals surface area (Å²) in [5.41, 5.74) is 1.34. The number of hydrogen-bond acceptors (Lipinski definition) is 5. The summed E-state index contributed by atoms with van der Waals surface area (Å²) in [4.78, 5) is 13.6. The fraction of sp³-hybridized carbons (Fsp3) is 0.500. The molecule has 0 atom stereocenters. The van der Waals surface area contributed by atoms with Gasteiger partial charge in [-0.2, -0.15) is 0 Å². The smallest absolute Gasteiger partial charge is 0.232 e. The number of aliphatic imine (C=N–C) groups is 1. The zero-order chi connectivity index (χ0) is 8.97. The minimum atomic E-state index is -0.956. The highest BCUT2D eigenvalue weighted by Crippen LogP contribution is 1.87. The lowest BCUT2D eigenvalue weighted by Gasteiger charge is -2.08. The van der Waals surface area contributed by atoms with Gasteiger partial charge in [0.05, 0.1) is 11.6 Å². The molecule has 8 heteroatoms. The van der Waals surface area contributed by atoms with E-state index < -0.39 is 10.9 Å². The van der Waals surface area contributed by atoms with Crippen LogP contribution in [-0.4, -0.2) is 29.8 Å². The molecule has 0 unspecified atom stereocenters. The number of rotatable bonds is 2. The summed E-state index contributed by atoms with van der Waals surface area (Å²) < 4.78 is 0. The molecular weight excluding hydrogens is 166 g/mol. The van der Waals surface area contributed by atoms with E-state index >= 15 is 0 Å². The molecule has 0 radical (unpaired) electrons. The van der Waals surface area contributed by atoms with Crippen LogP contribution in [0.5, 0.6) is 0 Å². The van der Waals surface area contributed by atoms with E-state index in [0.717, 1.165) is 0 Å². The number of hydrazone groups is 1. The molecule has 12 heavy (non-hydrogen) atoms. The molecule has 0 aliphatic carbocycles. The Morgan fingerprint density at radius 3 is 3.00 bits per heavy atom. The van der Waals surface area contributed by atoms with Crippen molar-refractivity contribution in [2.45, 2.75) is 0 Å². The molecule has 0 aromatic carbocycles. The monoisotopic (exact) mass is 172 g/mol. The molecule has 2 N–H and O–H groups in total. The van der Waals surface area contributed by atoms with Crippen molar-refractivity contribution in [3.05, 3.63) is 15.3 Å². The fourth-order valence-electron chi connectivity index (χ4n) is 0.754. The van der Waals surface area contributed by atoms with Crippen LogP contribution in [-0.2, 0) is 0 Å². The van der Waals surface area contributed by atoms with Crippen molar-refractivity contribution in [3.63, 3.8) is 0 Å². The lowest BCUT2D eigenvalue weighted by atomic mass is 10.5. The van der Waals surface area contributed by atoms with Gasteiger partial charge in [-0.05, 0) is 0 Å². The second-order valence-electron chi connectivity index (χ2n) is 1.95. The molecule has 0 aromatic rings. The Bertz CT molecular complexity index is 247. The van der Waals surface area contributed by atoms with Crippen molar-refractivity contribution in [3.8, 4) is 0 Å². The van der Waals surface area contributed by atoms with E-state index in [2.05, 4.69) is 15.4 Å². The molecule has 0 bridgehead atoms. The van der Waals surface area contributed by atoms with Crippen molar-refractivity contribution in [1.29, 1.82) is 0 Å². The van der Waals surface area contributed by atoms with Crippen LogP contribution in [0.1, 0.15) is 0 Å². The molecule has 0 amide bonds. The number of nitrogens with zero attached hydrogens (tertiary/aromatic N) is 3. The number of hydrogen-bond donors (Lipinski definition) is 2. The van der Waals surface area contributed by atoms with Crippen LogP contribution in [0.25, 0.3) is 0 Å². The van der Waals surface area contributed by atoms with Crippen LogP contribution in [0, 0.1) is 15.3 Å². The summed E-state index contributed by atoms with van der Waals surface area (Å²) in [5.74, 6) is -0.251. The van der Waals surface area contributed by atoms with E-state index in [0.29, 0.717) is 13.1 Å². The Balaban J connectivity index is 2.73. The number of nitro groups is 1. The van der Waals surface area contributed by atoms with Crippen LogP contribution >= 0.6 is 0 Å². The first-order valence-electron chi connectivity index (χ1n) is 3.14. The molecular formula is C4H6N5O3-. The molecule has 0 saturated carbocycles. The molecule has 66 valence electrons. The van der Waals surface area contributed by atoms with Crippen molar-refractivity contribution in [2.75, 3.05) is 13.1 Å². The number of amidine groups is 2. The van der Waals surface area contributed by atoms with Gasteiger partial charge in [-0.3, -0.25) is 4.99 Å². The number of hydroxylamine groups is 1. The fourth-order valence-corrected chi connectivity index (χ4v) is 0.754. The van der Waals surface area contributed by atoms with Gasteiger partial charge >= 0.3 is 0 Å². The van der Waals surface area contributed by atoms with Gasteiger partial charge in [0.1, 0.15) is 0 Å². The van der Waals surface area contributed by atoms with Crippen molar-refractivity contribution < 1.29 is 5.03 Å². The topological polar surface area (TPSA) is 115 Å². The molecule has 0 saturated heterocycles. The van der Waals surface area contributed by atoms with Gasteiger partial charge in [0, 0.05) is 6.54 Å². The van der Waals surface area contributed by atoms with Crippen molar-refractivity contribution in [2.24, 2.45) is 10.1 Å². The molecule has 1 aliphatic rings. The normalized spacial score (nSPS) is 16.8. The number of nitrogens with one attached hydrogen (secondary N) is 2. The zero-order valence-corrected chi connectivity index (χ0v) is 5.98. The van der Waals surface area contributed by atoms with Crippen LogP contribution in [0.4, 0.5) is 0 Å². The molecule has 1 heterocycles. The van der Waals surface area contributed by atoms with Crippen molar-refractivity contribution in [1.82, 2.24) is 10.8 Å². The van der Waals surface area contributed by atoms with Gasteiger partial charge in [0.2, 0.25) is 5.84 Å². The van der Waals surface area contributed by atoms with Crippen LogP contribution in [0.3, 0.4) is 0 Å². The minimum absolute atomic E-state index is 0.140. The molecule has 8 nitrogen and oxygen atoms in total. The molecule has 1 aliphatic heterocycles. The predicted molar refractivity (Wildman–Crippen MR) is 41.2 cm³/mol. The second kappa shape index (κ2) is 3.62.